The van der Waals surface area contributed by atoms with E-state index in [2.05, 4.69) is 0 Å². The molecule has 1 fully saturated rings. The molecule has 0 radical (unpaired) electrons. The van der Waals surface area contributed by atoms with E-state index in [0.29, 0.717) is 0 Å². The second-order valence-electron chi connectivity index (χ2n) is 4.23. The van der Waals surface area contributed by atoms with Crippen LogP contribution in [-0.4, -0.2) is 34.0 Å². The van der Waals surface area contributed by atoms with Crippen LogP contribution in [0.5, 0.6) is 0 Å². The van der Waals surface area contributed by atoms with Crippen LogP contribution >= 0.6 is 0 Å². The maximum Gasteiger partial charge on any atom is 0.253 e. The number of hydrogen-bond acceptors (Lipinski definition) is 3. The van der Waals surface area contributed by atoms with Crippen LogP contribution in [0.1, 0.15) is 19.8 Å². The topological polar surface area (TPSA) is 57.6 Å². The van der Waals surface area contributed by atoms with Crippen LogP contribution in [0.3, 0.4) is 0 Å². The maximum atomic E-state index is 11.2. The van der Waals surface area contributed by atoms with Gasteiger partial charge in [0, 0.05) is 12.2 Å². The molecule has 14 heavy (non-hydrogen) atoms. The summed E-state index contributed by atoms with van der Waals surface area (Å²) in [5.74, 6) is -0.407. The van der Waals surface area contributed by atoms with E-state index in [9.17, 15) is 14.7 Å². The van der Waals surface area contributed by atoms with E-state index in [1.807, 2.05) is 0 Å². The first-order valence-electron chi connectivity index (χ1n) is 4.76. The fourth-order valence-corrected chi connectivity index (χ4v) is 1.74. The summed E-state index contributed by atoms with van der Waals surface area (Å²) in [7, 11) is 0. The third-order valence-electron chi connectivity index (χ3n) is 2.84. The lowest BCUT2D eigenvalue weighted by Gasteiger charge is -2.27. The molecule has 1 atom stereocenters. The van der Waals surface area contributed by atoms with E-state index < -0.39 is 5.60 Å². The predicted molar refractivity (Wildman–Crippen MR) is 49.2 cm³/mol. The van der Waals surface area contributed by atoms with Crippen molar-refractivity contribution >= 4 is 11.8 Å². The van der Waals surface area contributed by atoms with Gasteiger partial charge < -0.3 is 5.11 Å². The smallest absolute Gasteiger partial charge is 0.253 e. The van der Waals surface area contributed by atoms with Gasteiger partial charge in [-0.2, -0.15) is 0 Å². The Kier molecular flexibility index (Phi) is 1.96. The molecule has 0 aromatic heterocycles. The Labute approximate surface area is 82.2 Å². The van der Waals surface area contributed by atoms with Gasteiger partial charge >= 0.3 is 0 Å². The Hall–Kier alpha value is -1.16. The van der Waals surface area contributed by atoms with Gasteiger partial charge in [-0.25, -0.2) is 0 Å². The first-order chi connectivity index (χ1) is 6.50. The largest absolute Gasteiger partial charge is 0.388 e. The van der Waals surface area contributed by atoms with Crippen LogP contribution in [0.4, 0.5) is 0 Å². The third-order valence-corrected chi connectivity index (χ3v) is 2.84. The molecule has 1 N–H and O–H groups in total. The molecular formula is C10H13NO3. The van der Waals surface area contributed by atoms with Gasteiger partial charge in [-0.3, -0.25) is 14.5 Å². The van der Waals surface area contributed by atoms with Crippen LogP contribution in [-0.2, 0) is 9.59 Å². The van der Waals surface area contributed by atoms with Crippen LogP contribution in [0.25, 0.3) is 0 Å². The monoisotopic (exact) mass is 195 g/mol. The molecular weight excluding hydrogens is 182 g/mol. The number of carbonyl (C=O) groups is 2. The highest BCUT2D eigenvalue weighted by molar-refractivity contribution is 6.12. The first-order valence-corrected chi connectivity index (χ1v) is 4.76. The first kappa shape index (κ1) is 9.40. The number of imide groups is 1. The van der Waals surface area contributed by atoms with Crippen molar-refractivity contribution in [2.45, 2.75) is 25.4 Å². The van der Waals surface area contributed by atoms with E-state index in [1.165, 1.54) is 12.2 Å². The molecule has 1 aliphatic carbocycles. The van der Waals surface area contributed by atoms with Gasteiger partial charge in [0.2, 0.25) is 0 Å². The summed E-state index contributed by atoms with van der Waals surface area (Å²) < 4.78 is 0. The number of hydrogen-bond donors (Lipinski definition) is 1. The zero-order chi connectivity index (χ0) is 10.3. The van der Waals surface area contributed by atoms with Gasteiger partial charge in [-0.15, -0.1) is 0 Å². The molecule has 2 aliphatic rings. The maximum absolute atomic E-state index is 11.2. The summed E-state index contributed by atoms with van der Waals surface area (Å²) in [6.07, 6.45) is 4.45. The number of rotatable bonds is 3. The Bertz CT molecular complexity index is 297. The molecule has 1 heterocycles. The van der Waals surface area contributed by atoms with Gasteiger partial charge in [-0.05, 0) is 25.7 Å². The molecule has 0 saturated heterocycles. The molecule has 0 aromatic rings. The van der Waals surface area contributed by atoms with Gasteiger partial charge in [0.15, 0.2) is 0 Å². The predicted octanol–water partition coefficient (Wildman–Crippen LogP) is 0.0724. The Morgan fingerprint density at radius 2 is 1.93 bits per heavy atom. The average molecular weight is 195 g/mol. The Morgan fingerprint density at radius 3 is 2.36 bits per heavy atom. The molecule has 2 amide bonds. The lowest BCUT2D eigenvalue weighted by molar-refractivity contribution is -0.141. The summed E-state index contributed by atoms with van der Waals surface area (Å²) in [6, 6.07) is 0. The van der Waals surface area contributed by atoms with Crippen molar-refractivity contribution in [1.82, 2.24) is 4.90 Å². The number of β-amino-alcohol motifs (C(OH)–C–C–N with tert-alkyl or cyclic N) is 1. The fourth-order valence-electron chi connectivity index (χ4n) is 1.74. The van der Waals surface area contributed by atoms with Gasteiger partial charge in [0.25, 0.3) is 11.8 Å². The summed E-state index contributed by atoms with van der Waals surface area (Å²) >= 11 is 0. The van der Waals surface area contributed by atoms with Crippen molar-refractivity contribution in [3.63, 3.8) is 0 Å². The van der Waals surface area contributed by atoms with E-state index in [1.54, 1.807) is 6.92 Å². The number of amides is 2. The van der Waals surface area contributed by atoms with Crippen molar-refractivity contribution < 1.29 is 14.7 Å². The van der Waals surface area contributed by atoms with E-state index in [4.69, 9.17) is 0 Å². The second kappa shape index (κ2) is 2.92. The van der Waals surface area contributed by atoms with Gasteiger partial charge in [-0.1, -0.05) is 0 Å². The molecule has 0 bridgehead atoms. The SMILES string of the molecule is CC(O)(CN1C(=O)C=CC1=O)C1CC1. The van der Waals surface area contributed by atoms with Crippen LogP contribution in [0.15, 0.2) is 12.2 Å². The number of nitrogens with zero attached hydrogens (tertiary/aromatic N) is 1. The van der Waals surface area contributed by atoms with E-state index >= 15 is 0 Å². The minimum absolute atomic E-state index is 0.113. The molecule has 0 aromatic carbocycles. The molecule has 76 valence electrons. The van der Waals surface area contributed by atoms with Crippen molar-refractivity contribution in [2.75, 3.05) is 6.54 Å². The molecule has 2 rings (SSSR count). The zero-order valence-corrected chi connectivity index (χ0v) is 8.06. The highest BCUT2D eigenvalue weighted by Crippen LogP contribution is 2.40. The minimum atomic E-state index is -0.919. The summed E-state index contributed by atoms with van der Waals surface area (Å²) in [6.45, 7) is 1.80. The number of aliphatic hydroxyl groups is 1. The van der Waals surface area contributed by atoms with Crippen molar-refractivity contribution in [3.05, 3.63) is 12.2 Å². The van der Waals surface area contributed by atoms with Crippen molar-refractivity contribution in [3.8, 4) is 0 Å². The van der Waals surface area contributed by atoms with Crippen molar-refractivity contribution in [1.29, 1.82) is 0 Å². The Balaban J connectivity index is 2.03. The van der Waals surface area contributed by atoms with Crippen LogP contribution < -0.4 is 0 Å². The van der Waals surface area contributed by atoms with Crippen LogP contribution in [0, 0.1) is 5.92 Å². The summed E-state index contributed by atoms with van der Waals surface area (Å²) in [5.41, 5.74) is -0.919. The highest BCUT2D eigenvalue weighted by Gasteiger charge is 2.43. The summed E-state index contributed by atoms with van der Waals surface area (Å²) in [4.78, 5) is 23.5. The normalized spacial score (nSPS) is 25.7. The quantitative estimate of drug-likeness (QED) is 0.648. The van der Waals surface area contributed by atoms with Gasteiger partial charge in [0.05, 0.1) is 12.1 Å². The molecule has 1 unspecified atom stereocenters. The molecule has 0 spiro atoms. The average Bonchev–Trinajstić information content (AvgIpc) is 2.89. The zero-order valence-electron chi connectivity index (χ0n) is 8.06. The number of carbonyl (C=O) groups excluding carboxylic acids is 2. The summed E-state index contributed by atoms with van der Waals surface area (Å²) in [5, 5.41) is 9.98. The molecule has 1 saturated carbocycles. The lowest BCUT2D eigenvalue weighted by atomic mass is 10.00. The molecule has 4 heteroatoms. The third kappa shape index (κ3) is 1.57. The van der Waals surface area contributed by atoms with Crippen molar-refractivity contribution in [2.24, 2.45) is 5.92 Å². The van der Waals surface area contributed by atoms with E-state index in [-0.39, 0.29) is 24.3 Å². The van der Waals surface area contributed by atoms with Gasteiger partial charge in [0.1, 0.15) is 0 Å². The fraction of sp³-hybridized carbons (Fsp3) is 0.600. The minimum Gasteiger partial charge on any atom is -0.388 e. The molecule has 1 aliphatic heterocycles. The van der Waals surface area contributed by atoms with Crippen LogP contribution in [0.2, 0.25) is 0 Å². The second-order valence-corrected chi connectivity index (χ2v) is 4.23. The van der Waals surface area contributed by atoms with E-state index in [0.717, 1.165) is 17.7 Å². The molecule has 4 nitrogen and oxygen atoms in total. The lowest BCUT2D eigenvalue weighted by Crippen LogP contribution is -2.45. The standard InChI is InChI=1S/C10H13NO3/c1-10(14,7-2-3-7)6-11-8(12)4-5-9(11)13/h4-5,7,14H,2-3,6H2,1H3. The highest BCUT2D eigenvalue weighted by atomic mass is 16.3. The Morgan fingerprint density at radius 1 is 1.43 bits per heavy atom.